The van der Waals surface area contributed by atoms with E-state index in [0.717, 1.165) is 33.9 Å². The number of rotatable bonds is 7. The van der Waals surface area contributed by atoms with Gasteiger partial charge in [0.05, 0.1) is 31.8 Å². The Bertz CT molecular complexity index is 1280. The van der Waals surface area contributed by atoms with Gasteiger partial charge < -0.3 is 9.47 Å². The molecule has 4 aromatic rings. The van der Waals surface area contributed by atoms with Crippen molar-refractivity contribution in [3.8, 4) is 28.4 Å². The summed E-state index contributed by atoms with van der Waals surface area (Å²) < 4.78 is 12.2. The number of amides is 1. The number of carbonyl (C=O) groups excluding carboxylic acids is 1. The average molecular weight is 441 g/mol. The highest BCUT2D eigenvalue weighted by Gasteiger charge is 2.17. The lowest BCUT2D eigenvalue weighted by Crippen LogP contribution is -2.21. The molecule has 1 N–H and O–H groups in total. The van der Waals surface area contributed by atoms with Crippen molar-refractivity contribution in [1.82, 2.24) is 15.2 Å². The maximum Gasteiger partial charge on any atom is 0.290 e. The molecule has 0 aliphatic carbocycles. The Balaban J connectivity index is 1.62. The Morgan fingerprint density at radius 3 is 2.42 bits per heavy atom. The molecular weight excluding hydrogens is 416 g/mol. The molecule has 0 aliphatic rings. The zero-order chi connectivity index (χ0) is 23.2. The Hall–Kier alpha value is -4.39. The second-order valence-corrected chi connectivity index (χ2v) is 7.32. The molecule has 0 saturated carbocycles. The molecule has 1 heterocycles. The smallest absolute Gasteiger partial charge is 0.290 e. The van der Waals surface area contributed by atoms with E-state index in [2.05, 4.69) is 15.6 Å². The third-order valence-electron chi connectivity index (χ3n) is 5.14. The van der Waals surface area contributed by atoms with Gasteiger partial charge in [0.15, 0.2) is 0 Å². The van der Waals surface area contributed by atoms with Gasteiger partial charge in [-0.15, -0.1) is 0 Å². The van der Waals surface area contributed by atoms with Crippen molar-refractivity contribution in [2.24, 2.45) is 5.10 Å². The van der Waals surface area contributed by atoms with Crippen LogP contribution in [0.1, 0.15) is 21.6 Å². The van der Waals surface area contributed by atoms with Gasteiger partial charge in [-0.1, -0.05) is 30.3 Å². The molecule has 0 bridgehead atoms. The monoisotopic (exact) mass is 440 g/mol. The lowest BCUT2D eigenvalue weighted by Gasteiger charge is -2.06. The number of para-hydroxylation sites is 1. The third-order valence-corrected chi connectivity index (χ3v) is 5.14. The number of benzene rings is 3. The maximum atomic E-state index is 13.0. The number of carbonyl (C=O) groups is 1. The van der Waals surface area contributed by atoms with Crippen molar-refractivity contribution in [3.05, 3.63) is 95.7 Å². The van der Waals surface area contributed by atoms with E-state index in [9.17, 15) is 4.79 Å². The van der Waals surface area contributed by atoms with E-state index in [1.807, 2.05) is 79.7 Å². The second-order valence-electron chi connectivity index (χ2n) is 7.32. The first kappa shape index (κ1) is 21.8. The molecular formula is C26H24N4O3. The highest BCUT2D eigenvalue weighted by Crippen LogP contribution is 2.24. The van der Waals surface area contributed by atoms with Crippen LogP contribution < -0.4 is 14.9 Å². The van der Waals surface area contributed by atoms with Crippen LogP contribution in [0.5, 0.6) is 11.5 Å². The lowest BCUT2D eigenvalue weighted by molar-refractivity contribution is 0.0947. The summed E-state index contributed by atoms with van der Waals surface area (Å²) in [7, 11) is 3.24. The van der Waals surface area contributed by atoms with Crippen molar-refractivity contribution < 1.29 is 14.3 Å². The van der Waals surface area contributed by atoms with Crippen LogP contribution in [0.3, 0.4) is 0 Å². The minimum atomic E-state index is -0.374. The molecule has 4 rings (SSSR count). The fraction of sp³-hybridized carbons (Fsp3) is 0.115. The predicted molar refractivity (Wildman–Crippen MR) is 128 cm³/mol. The zero-order valence-electron chi connectivity index (χ0n) is 18.6. The predicted octanol–water partition coefficient (Wildman–Crippen LogP) is 4.63. The van der Waals surface area contributed by atoms with Gasteiger partial charge in [-0.05, 0) is 66.6 Å². The number of nitrogens with zero attached hydrogens (tertiary/aromatic N) is 3. The number of aryl methyl sites for hydroxylation is 1. The number of methoxy groups -OCH3 is 2. The van der Waals surface area contributed by atoms with E-state index in [-0.39, 0.29) is 5.91 Å². The molecule has 0 saturated heterocycles. The van der Waals surface area contributed by atoms with Crippen LogP contribution in [-0.2, 0) is 0 Å². The molecule has 3 aromatic carbocycles. The summed E-state index contributed by atoms with van der Waals surface area (Å²) in [5.41, 5.74) is 7.11. The minimum Gasteiger partial charge on any atom is -0.497 e. The van der Waals surface area contributed by atoms with Gasteiger partial charge >= 0.3 is 0 Å². The van der Waals surface area contributed by atoms with E-state index in [1.54, 1.807) is 31.2 Å². The quantitative estimate of drug-likeness (QED) is 0.336. The second kappa shape index (κ2) is 9.82. The zero-order valence-corrected chi connectivity index (χ0v) is 18.6. The van der Waals surface area contributed by atoms with Crippen molar-refractivity contribution in [2.75, 3.05) is 14.2 Å². The molecule has 0 unspecified atom stereocenters. The molecule has 0 atom stereocenters. The summed E-state index contributed by atoms with van der Waals surface area (Å²) in [6, 6.07) is 24.5. The first-order chi connectivity index (χ1) is 16.1. The van der Waals surface area contributed by atoms with Crippen molar-refractivity contribution >= 4 is 12.1 Å². The number of hydrazone groups is 1. The van der Waals surface area contributed by atoms with E-state index in [1.165, 1.54) is 0 Å². The highest BCUT2D eigenvalue weighted by molar-refractivity contribution is 5.95. The first-order valence-corrected chi connectivity index (χ1v) is 10.4. The molecule has 0 radical (unpaired) electrons. The summed E-state index contributed by atoms with van der Waals surface area (Å²) in [6.45, 7) is 1.96. The van der Waals surface area contributed by atoms with E-state index < -0.39 is 0 Å². The highest BCUT2D eigenvalue weighted by atomic mass is 16.5. The van der Waals surface area contributed by atoms with Crippen LogP contribution in [0, 0.1) is 6.92 Å². The van der Waals surface area contributed by atoms with Gasteiger partial charge in [-0.25, -0.2) is 10.1 Å². The first-order valence-electron chi connectivity index (χ1n) is 10.4. The molecule has 1 aromatic heterocycles. The van der Waals surface area contributed by atoms with Crippen LogP contribution in [-0.4, -0.2) is 36.1 Å². The number of hydrogen-bond donors (Lipinski definition) is 1. The van der Waals surface area contributed by atoms with Crippen LogP contribution >= 0.6 is 0 Å². The van der Waals surface area contributed by atoms with Crippen LogP contribution in [0.15, 0.2) is 84.0 Å². The Kier molecular flexibility index (Phi) is 6.50. The molecule has 0 fully saturated rings. The number of nitrogens with one attached hydrogen (secondary N) is 1. The summed E-state index contributed by atoms with van der Waals surface area (Å²) in [5.74, 6) is 1.14. The van der Waals surface area contributed by atoms with Gasteiger partial charge in [-0.2, -0.15) is 10.2 Å². The minimum absolute atomic E-state index is 0.366. The average Bonchev–Trinajstić information content (AvgIpc) is 3.31. The van der Waals surface area contributed by atoms with E-state index in [4.69, 9.17) is 9.47 Å². The van der Waals surface area contributed by atoms with E-state index >= 15 is 0 Å². The summed E-state index contributed by atoms with van der Waals surface area (Å²) in [5, 5.41) is 8.80. The SMILES string of the molecule is COc1ccc(-c2cc(C(=O)N/N=C/c3ccc(C)c(OC)c3)n(-c3ccccc3)n2)cc1. The van der Waals surface area contributed by atoms with Crippen LogP contribution in [0.25, 0.3) is 16.9 Å². The fourth-order valence-corrected chi connectivity index (χ4v) is 3.35. The normalized spacial score (nSPS) is 10.9. The molecule has 0 aliphatic heterocycles. The topological polar surface area (TPSA) is 77.7 Å². The van der Waals surface area contributed by atoms with Gasteiger partial charge in [0, 0.05) is 5.56 Å². The molecule has 0 spiro atoms. The maximum absolute atomic E-state index is 13.0. The van der Waals surface area contributed by atoms with Crippen LogP contribution in [0.2, 0.25) is 0 Å². The molecule has 7 nitrogen and oxygen atoms in total. The number of ether oxygens (including phenoxy) is 2. The van der Waals surface area contributed by atoms with Crippen LogP contribution in [0.4, 0.5) is 0 Å². The fourth-order valence-electron chi connectivity index (χ4n) is 3.35. The third kappa shape index (κ3) is 4.93. The standard InChI is InChI=1S/C26H24N4O3/c1-18-9-10-19(15-25(18)33-3)17-27-28-26(31)24-16-23(20-11-13-22(32-2)14-12-20)29-30(24)21-7-5-4-6-8-21/h4-17H,1-3H3,(H,28,31)/b27-17+. The van der Waals surface area contributed by atoms with E-state index in [0.29, 0.717) is 11.4 Å². The van der Waals surface area contributed by atoms with Crippen molar-refractivity contribution in [1.29, 1.82) is 0 Å². The van der Waals surface area contributed by atoms with Crippen molar-refractivity contribution in [3.63, 3.8) is 0 Å². The van der Waals surface area contributed by atoms with Gasteiger partial charge in [0.1, 0.15) is 17.2 Å². The van der Waals surface area contributed by atoms with Gasteiger partial charge in [0.25, 0.3) is 5.91 Å². The molecule has 166 valence electrons. The number of hydrogen-bond acceptors (Lipinski definition) is 5. The van der Waals surface area contributed by atoms with Gasteiger partial charge in [0.2, 0.25) is 0 Å². The van der Waals surface area contributed by atoms with Gasteiger partial charge in [-0.3, -0.25) is 4.79 Å². The molecule has 7 heteroatoms. The summed E-state index contributed by atoms with van der Waals surface area (Å²) in [6.07, 6.45) is 1.58. The molecule has 1 amide bonds. The lowest BCUT2D eigenvalue weighted by atomic mass is 10.1. The van der Waals surface area contributed by atoms with Crippen molar-refractivity contribution in [2.45, 2.75) is 6.92 Å². The largest absolute Gasteiger partial charge is 0.497 e. The number of aromatic nitrogens is 2. The summed E-state index contributed by atoms with van der Waals surface area (Å²) in [4.78, 5) is 13.0. The Labute approximate surface area is 192 Å². The Morgan fingerprint density at radius 1 is 0.970 bits per heavy atom. The molecule has 33 heavy (non-hydrogen) atoms. The summed E-state index contributed by atoms with van der Waals surface area (Å²) >= 11 is 0. The Morgan fingerprint density at radius 2 is 1.73 bits per heavy atom.